The van der Waals surface area contributed by atoms with Crippen LogP contribution in [0.15, 0.2) is 302 Å². The third-order valence-corrected chi connectivity index (χ3v) is 23.1. The summed E-state index contributed by atoms with van der Waals surface area (Å²) in [6.45, 7) is 20.9. The zero-order valence-corrected chi connectivity index (χ0v) is 59.1. The number of benzene rings is 14. The van der Waals surface area contributed by atoms with E-state index in [9.17, 15) is 0 Å². The van der Waals surface area contributed by atoms with Gasteiger partial charge in [-0.2, -0.15) is 0 Å². The SMILES string of the molecule is CC(C)(C)c1ccc(N2c3ccc(-c4cccc5c4oc4ccccc45)cc3B3c4ccc(-n5c6ccccc6c6cc7c(cc65)C5(c6ccccc6-c6ccccc65)c5ccccc5-7)cc4N(c4ccc(C(C)(C)C)cc4-c4ccccc4)c4cc(C(C)(C)C)cc2c43)c(-c2ccccc2)c1. The van der Waals surface area contributed by atoms with Crippen molar-refractivity contribution >= 4 is 101 Å². The topological polar surface area (TPSA) is 24.6 Å². The van der Waals surface area contributed by atoms with Crippen LogP contribution in [0.2, 0.25) is 0 Å². The van der Waals surface area contributed by atoms with E-state index in [1.54, 1.807) is 0 Å². The minimum absolute atomic E-state index is 0.103. The molecule has 0 atom stereocenters. The van der Waals surface area contributed by atoms with Crippen molar-refractivity contribution in [1.82, 2.24) is 4.57 Å². The van der Waals surface area contributed by atoms with Crippen molar-refractivity contribution in [1.29, 1.82) is 0 Å². The van der Waals surface area contributed by atoms with Crippen LogP contribution >= 0.6 is 0 Å². The van der Waals surface area contributed by atoms with E-state index in [0.717, 1.165) is 61.5 Å². The van der Waals surface area contributed by atoms with Crippen molar-refractivity contribution in [2.45, 2.75) is 84.0 Å². The predicted octanol–water partition coefficient (Wildman–Crippen LogP) is 24.0. The van der Waals surface area contributed by atoms with Crippen LogP contribution in [-0.4, -0.2) is 11.3 Å². The van der Waals surface area contributed by atoms with Crippen LogP contribution in [0.4, 0.5) is 34.1 Å². The summed E-state index contributed by atoms with van der Waals surface area (Å²) in [6, 6.07) is 114. The molecule has 4 aliphatic rings. The largest absolute Gasteiger partial charge is 0.455 e. The molecule has 0 saturated heterocycles. The lowest BCUT2D eigenvalue weighted by molar-refractivity contribution is 0.590. The number of rotatable bonds is 6. The van der Waals surface area contributed by atoms with Gasteiger partial charge >= 0.3 is 0 Å². The Kier molecular flexibility index (Phi) is 12.8. The molecule has 16 aromatic rings. The summed E-state index contributed by atoms with van der Waals surface area (Å²) in [5.74, 6) is 0. The Labute approximate surface area is 597 Å². The molecule has 0 saturated carbocycles. The highest BCUT2D eigenvalue weighted by Gasteiger charge is 2.52. The Morgan fingerprint density at radius 3 is 1.41 bits per heavy atom. The monoisotopic (exact) mass is 1310 g/mol. The van der Waals surface area contributed by atoms with Gasteiger partial charge in [-0.3, -0.25) is 0 Å². The molecule has 14 aromatic carbocycles. The van der Waals surface area contributed by atoms with Gasteiger partial charge in [0.25, 0.3) is 6.71 Å². The van der Waals surface area contributed by atoms with Crippen LogP contribution in [0.5, 0.6) is 0 Å². The number of nitrogens with zero attached hydrogens (tertiary/aromatic N) is 3. The summed E-state index contributed by atoms with van der Waals surface area (Å²) in [4.78, 5) is 5.33. The Morgan fingerprint density at radius 1 is 0.294 bits per heavy atom. The molecule has 0 N–H and O–H groups in total. The van der Waals surface area contributed by atoms with Crippen LogP contribution in [0.1, 0.15) is 101 Å². The molecule has 4 heterocycles. The van der Waals surface area contributed by atoms with Crippen molar-refractivity contribution in [2.75, 3.05) is 9.80 Å². The highest BCUT2D eigenvalue weighted by atomic mass is 16.3. The first-order valence-corrected chi connectivity index (χ1v) is 36.3. The minimum atomic E-state index is -0.520. The third kappa shape index (κ3) is 8.64. The van der Waals surface area contributed by atoms with E-state index < -0.39 is 5.41 Å². The van der Waals surface area contributed by atoms with Crippen LogP contribution in [0, 0.1) is 0 Å². The number of para-hydroxylation sites is 3. The lowest BCUT2D eigenvalue weighted by Gasteiger charge is -2.46. The summed E-state index contributed by atoms with van der Waals surface area (Å²) < 4.78 is 9.54. The molecule has 0 unspecified atom stereocenters. The summed E-state index contributed by atoms with van der Waals surface area (Å²) in [5.41, 5.74) is 36.1. The van der Waals surface area contributed by atoms with Gasteiger partial charge in [-0.15, -0.1) is 0 Å². The number of furan rings is 1. The van der Waals surface area contributed by atoms with E-state index in [-0.39, 0.29) is 23.0 Å². The van der Waals surface area contributed by atoms with Crippen LogP contribution < -0.4 is 26.2 Å². The van der Waals surface area contributed by atoms with Gasteiger partial charge in [-0.25, -0.2) is 0 Å². The summed E-state index contributed by atoms with van der Waals surface area (Å²) in [6.07, 6.45) is 0. The number of aromatic nitrogens is 1. The van der Waals surface area contributed by atoms with Crippen LogP contribution in [-0.2, 0) is 21.7 Å². The average molecular weight is 1310 g/mol. The first-order chi connectivity index (χ1) is 49.5. The number of hydrogen-bond donors (Lipinski definition) is 0. The third-order valence-electron chi connectivity index (χ3n) is 23.1. The second-order valence-corrected chi connectivity index (χ2v) is 31.9. The zero-order chi connectivity index (χ0) is 68.9. The maximum absolute atomic E-state index is 6.95. The van der Waals surface area contributed by atoms with Crippen molar-refractivity contribution in [2.24, 2.45) is 0 Å². The van der Waals surface area contributed by atoms with Gasteiger partial charge in [-0.1, -0.05) is 281 Å². The molecule has 5 heteroatoms. The summed E-state index contributed by atoms with van der Waals surface area (Å²) >= 11 is 0. The van der Waals surface area contributed by atoms with E-state index >= 15 is 0 Å². The first-order valence-electron chi connectivity index (χ1n) is 36.3. The summed E-state index contributed by atoms with van der Waals surface area (Å²) in [5, 5.41) is 4.69. The van der Waals surface area contributed by atoms with E-state index in [4.69, 9.17) is 4.42 Å². The molecule has 0 bridgehead atoms. The maximum Gasteiger partial charge on any atom is 0.252 e. The van der Waals surface area contributed by atoms with Gasteiger partial charge in [0.15, 0.2) is 0 Å². The molecule has 2 aromatic heterocycles. The molecule has 2 aliphatic carbocycles. The zero-order valence-electron chi connectivity index (χ0n) is 59.1. The number of fused-ring (bicyclic) bond motifs is 20. The second kappa shape index (κ2) is 21.7. The van der Waals surface area contributed by atoms with E-state index in [1.165, 1.54) is 133 Å². The molecule has 2 aliphatic heterocycles. The molecule has 488 valence electrons. The summed E-state index contributed by atoms with van der Waals surface area (Å²) in [7, 11) is 0. The van der Waals surface area contributed by atoms with Crippen LogP contribution in [0.25, 0.3) is 105 Å². The Morgan fingerprint density at radius 2 is 0.804 bits per heavy atom. The van der Waals surface area contributed by atoms with Crippen molar-refractivity contribution < 1.29 is 4.42 Å². The lowest BCUT2D eigenvalue weighted by Crippen LogP contribution is -2.61. The second-order valence-electron chi connectivity index (χ2n) is 31.9. The molecule has 0 amide bonds. The predicted molar refractivity (Wildman–Crippen MR) is 431 cm³/mol. The molecular formula is C97H76BN3O. The standard InChI is InChI=1S/C97H76BN3O/c1-94(2,3)62-44-49-84(73(52-62)59-27-12-10-13-28-59)100-86-48-43-61(66-36-26-37-72-71-35-20-25-42-91(71)102-93(66)72)51-82(86)98-81-47-46-65(56-88(81)101(90-55-64(96(7,8)9)54-89(100)92(90)98)85-50-45-63(95(4,5)6)53-74(85)60-29-14-11-15-30-60)99-83-41-24-19-34-70(83)76-57-75-69-33-18-23-40-79(69)97(80(75)58-87(76)99)77-38-21-16-31-67(77)68-32-17-22-39-78(68)97/h10-58H,1-9H3. The normalized spacial score (nSPS) is 14.0. The van der Waals surface area contributed by atoms with Gasteiger partial charge in [-0.05, 0) is 189 Å². The Balaban J connectivity index is 0.909. The van der Waals surface area contributed by atoms with Gasteiger partial charge in [0, 0.05) is 66.7 Å². The maximum atomic E-state index is 6.95. The van der Waals surface area contributed by atoms with E-state index in [0.29, 0.717) is 0 Å². The first kappa shape index (κ1) is 60.3. The lowest BCUT2D eigenvalue weighted by atomic mass is 9.33. The molecular weight excluding hydrogens is 1230 g/mol. The smallest absolute Gasteiger partial charge is 0.252 e. The fraction of sp³-hybridized carbons (Fsp3) is 0.134. The van der Waals surface area contributed by atoms with E-state index in [1.807, 2.05) is 0 Å². The van der Waals surface area contributed by atoms with Crippen molar-refractivity contribution in [3.8, 4) is 61.3 Å². The van der Waals surface area contributed by atoms with Gasteiger partial charge in [0.2, 0.25) is 0 Å². The highest BCUT2D eigenvalue weighted by molar-refractivity contribution is 7.00. The fourth-order valence-electron chi connectivity index (χ4n) is 18.1. The van der Waals surface area contributed by atoms with Crippen LogP contribution in [0.3, 0.4) is 0 Å². The molecule has 1 spiro atoms. The Bertz CT molecular complexity index is 6180. The minimum Gasteiger partial charge on any atom is -0.455 e. The van der Waals surface area contributed by atoms with Crippen molar-refractivity contribution in [3.63, 3.8) is 0 Å². The molecule has 4 nitrogen and oxygen atoms in total. The molecule has 0 radical (unpaired) electrons. The molecule has 102 heavy (non-hydrogen) atoms. The number of anilines is 6. The fourth-order valence-corrected chi connectivity index (χ4v) is 18.1. The highest BCUT2D eigenvalue weighted by Crippen LogP contribution is 2.64. The molecule has 20 rings (SSSR count). The molecule has 0 fully saturated rings. The van der Waals surface area contributed by atoms with Crippen molar-refractivity contribution in [3.05, 3.63) is 336 Å². The average Bonchev–Trinajstić information content (AvgIpc) is 0.850. The van der Waals surface area contributed by atoms with Gasteiger partial charge < -0.3 is 18.8 Å². The quantitative estimate of drug-likeness (QED) is 0.155. The van der Waals surface area contributed by atoms with Gasteiger partial charge in [0.1, 0.15) is 11.2 Å². The number of hydrogen-bond acceptors (Lipinski definition) is 3. The van der Waals surface area contributed by atoms with Gasteiger partial charge in [0.05, 0.1) is 27.8 Å². The Hall–Kier alpha value is -11.7. The van der Waals surface area contributed by atoms with E-state index in [2.05, 4.69) is 374 Å².